The molecule has 1 amide bonds. The molecule has 2 aromatic rings. The summed E-state index contributed by atoms with van der Waals surface area (Å²) in [7, 11) is 3.53. The SMILES string of the molecule is C=C1N(C)C(=O)c2nc(C)n(Cc3ccc(F)cc3)c2N1C. The maximum Gasteiger partial charge on any atom is 0.281 e. The summed E-state index contributed by atoms with van der Waals surface area (Å²) >= 11 is 0. The lowest BCUT2D eigenvalue weighted by Gasteiger charge is -2.33. The van der Waals surface area contributed by atoms with Gasteiger partial charge in [0.1, 0.15) is 23.3 Å². The maximum absolute atomic E-state index is 13.0. The number of halogens is 1. The Labute approximate surface area is 128 Å². The van der Waals surface area contributed by atoms with Gasteiger partial charge in [0.05, 0.1) is 6.54 Å². The van der Waals surface area contributed by atoms with E-state index in [1.54, 1.807) is 19.2 Å². The van der Waals surface area contributed by atoms with Gasteiger partial charge in [-0.3, -0.25) is 9.69 Å². The highest BCUT2D eigenvalue weighted by Gasteiger charge is 2.33. The molecule has 114 valence electrons. The monoisotopic (exact) mass is 300 g/mol. The summed E-state index contributed by atoms with van der Waals surface area (Å²) in [6, 6.07) is 6.31. The minimum absolute atomic E-state index is 0.168. The van der Waals surface area contributed by atoms with E-state index in [0.717, 1.165) is 17.2 Å². The average Bonchev–Trinajstić information content (AvgIpc) is 2.82. The van der Waals surface area contributed by atoms with Gasteiger partial charge in [0, 0.05) is 14.1 Å². The number of carbonyl (C=O) groups is 1. The number of hydrogen-bond donors (Lipinski definition) is 0. The molecule has 0 bridgehead atoms. The van der Waals surface area contributed by atoms with Crippen LogP contribution in [0.25, 0.3) is 0 Å². The molecule has 1 aromatic carbocycles. The Balaban J connectivity index is 2.07. The second-order valence-electron chi connectivity index (χ2n) is 5.38. The molecule has 0 unspecified atom stereocenters. The Morgan fingerprint density at radius 3 is 2.45 bits per heavy atom. The average molecular weight is 300 g/mol. The number of anilines is 1. The van der Waals surface area contributed by atoms with Crippen LogP contribution >= 0.6 is 0 Å². The van der Waals surface area contributed by atoms with E-state index in [1.165, 1.54) is 17.0 Å². The predicted molar refractivity (Wildman–Crippen MR) is 82.1 cm³/mol. The molecule has 6 heteroatoms. The number of aryl methyl sites for hydroxylation is 1. The zero-order valence-corrected chi connectivity index (χ0v) is 12.8. The summed E-state index contributed by atoms with van der Waals surface area (Å²) in [5.74, 6) is 1.61. The number of hydrogen-bond acceptors (Lipinski definition) is 3. The molecule has 1 aromatic heterocycles. The molecular weight excluding hydrogens is 283 g/mol. The molecule has 5 nitrogen and oxygen atoms in total. The van der Waals surface area contributed by atoms with Gasteiger partial charge in [0.25, 0.3) is 5.91 Å². The molecule has 3 rings (SSSR count). The van der Waals surface area contributed by atoms with E-state index in [1.807, 2.05) is 23.4 Å². The molecule has 0 atom stereocenters. The Kier molecular flexibility index (Phi) is 3.24. The second kappa shape index (κ2) is 4.98. The van der Waals surface area contributed by atoms with Gasteiger partial charge in [-0.1, -0.05) is 18.7 Å². The Bertz CT molecular complexity index is 763. The number of imidazole rings is 1. The van der Waals surface area contributed by atoms with Gasteiger partial charge in [-0.15, -0.1) is 0 Å². The minimum atomic E-state index is -0.268. The van der Waals surface area contributed by atoms with E-state index in [0.29, 0.717) is 18.1 Å². The summed E-state index contributed by atoms with van der Waals surface area (Å²) in [6.07, 6.45) is 0. The van der Waals surface area contributed by atoms with Crippen LogP contribution in [0.4, 0.5) is 10.2 Å². The van der Waals surface area contributed by atoms with Crippen molar-refractivity contribution in [3.05, 3.63) is 59.6 Å². The first-order chi connectivity index (χ1) is 10.4. The van der Waals surface area contributed by atoms with Gasteiger partial charge in [-0.2, -0.15) is 0 Å². The highest BCUT2D eigenvalue weighted by Crippen LogP contribution is 2.31. The van der Waals surface area contributed by atoms with Crippen LogP contribution in [0.3, 0.4) is 0 Å². The number of amides is 1. The van der Waals surface area contributed by atoms with Gasteiger partial charge < -0.3 is 9.47 Å². The van der Waals surface area contributed by atoms with Crippen LogP contribution in [0, 0.1) is 12.7 Å². The number of benzene rings is 1. The Morgan fingerprint density at radius 2 is 1.82 bits per heavy atom. The Hall–Kier alpha value is -2.63. The molecule has 1 aliphatic rings. The maximum atomic E-state index is 13.0. The van der Waals surface area contributed by atoms with E-state index in [-0.39, 0.29) is 11.7 Å². The van der Waals surface area contributed by atoms with Crippen molar-refractivity contribution < 1.29 is 9.18 Å². The third kappa shape index (κ3) is 2.07. The fraction of sp³-hybridized carbons (Fsp3) is 0.250. The molecule has 0 N–H and O–H groups in total. The zero-order chi connectivity index (χ0) is 16.0. The van der Waals surface area contributed by atoms with E-state index in [9.17, 15) is 9.18 Å². The van der Waals surface area contributed by atoms with Gasteiger partial charge in [0.2, 0.25) is 0 Å². The second-order valence-corrected chi connectivity index (χ2v) is 5.38. The van der Waals surface area contributed by atoms with Crippen LogP contribution in [0.2, 0.25) is 0 Å². The third-order valence-corrected chi connectivity index (χ3v) is 3.98. The van der Waals surface area contributed by atoms with Crippen molar-refractivity contribution in [2.24, 2.45) is 0 Å². The van der Waals surface area contributed by atoms with Crippen molar-refractivity contribution in [2.45, 2.75) is 13.5 Å². The van der Waals surface area contributed by atoms with Crippen molar-refractivity contribution in [2.75, 3.05) is 19.0 Å². The molecule has 22 heavy (non-hydrogen) atoms. The number of fused-ring (bicyclic) bond motifs is 1. The fourth-order valence-corrected chi connectivity index (χ4v) is 2.62. The third-order valence-electron chi connectivity index (χ3n) is 3.98. The normalized spacial score (nSPS) is 14.5. The van der Waals surface area contributed by atoms with Crippen LogP contribution in [-0.2, 0) is 6.54 Å². The highest BCUT2D eigenvalue weighted by molar-refractivity contribution is 6.01. The van der Waals surface area contributed by atoms with Crippen molar-refractivity contribution in [3.63, 3.8) is 0 Å². The number of carbonyl (C=O) groups excluding carboxylic acids is 1. The molecule has 2 heterocycles. The van der Waals surface area contributed by atoms with E-state index in [2.05, 4.69) is 11.6 Å². The fourth-order valence-electron chi connectivity index (χ4n) is 2.62. The zero-order valence-electron chi connectivity index (χ0n) is 12.8. The first-order valence-electron chi connectivity index (χ1n) is 6.92. The lowest BCUT2D eigenvalue weighted by atomic mass is 10.2. The summed E-state index contributed by atoms with van der Waals surface area (Å²) in [6.45, 7) is 6.30. The van der Waals surface area contributed by atoms with Gasteiger partial charge in [-0.25, -0.2) is 9.37 Å². The first-order valence-corrected chi connectivity index (χ1v) is 6.92. The van der Waals surface area contributed by atoms with Gasteiger partial charge in [-0.05, 0) is 24.6 Å². The minimum Gasteiger partial charge on any atom is -0.315 e. The highest BCUT2D eigenvalue weighted by atomic mass is 19.1. The lowest BCUT2D eigenvalue weighted by molar-refractivity contribution is 0.0820. The number of rotatable bonds is 2. The first kappa shape index (κ1) is 14.3. The topological polar surface area (TPSA) is 41.4 Å². The summed E-state index contributed by atoms with van der Waals surface area (Å²) < 4.78 is 15.0. The molecule has 0 radical (unpaired) electrons. The quantitative estimate of drug-likeness (QED) is 0.855. The molecule has 0 fully saturated rings. The van der Waals surface area contributed by atoms with Crippen LogP contribution in [-0.4, -0.2) is 34.5 Å². The molecule has 0 saturated heterocycles. The largest absolute Gasteiger partial charge is 0.315 e. The molecule has 1 aliphatic heterocycles. The molecule has 0 aliphatic carbocycles. The smallest absolute Gasteiger partial charge is 0.281 e. The number of nitrogens with zero attached hydrogens (tertiary/aromatic N) is 4. The van der Waals surface area contributed by atoms with Crippen molar-refractivity contribution in [1.29, 1.82) is 0 Å². The van der Waals surface area contributed by atoms with Crippen molar-refractivity contribution >= 4 is 11.7 Å². The molecular formula is C16H17FN4O. The Morgan fingerprint density at radius 1 is 1.18 bits per heavy atom. The lowest BCUT2D eigenvalue weighted by Crippen LogP contribution is -2.40. The van der Waals surface area contributed by atoms with Crippen LogP contribution in [0.15, 0.2) is 36.7 Å². The van der Waals surface area contributed by atoms with Crippen LogP contribution in [0.1, 0.15) is 21.9 Å². The summed E-state index contributed by atoms with van der Waals surface area (Å²) in [4.78, 5) is 20.1. The summed E-state index contributed by atoms with van der Waals surface area (Å²) in [5, 5.41) is 0. The van der Waals surface area contributed by atoms with Gasteiger partial charge >= 0.3 is 0 Å². The van der Waals surface area contributed by atoms with E-state index >= 15 is 0 Å². The van der Waals surface area contributed by atoms with Crippen LogP contribution < -0.4 is 4.90 Å². The van der Waals surface area contributed by atoms with Crippen LogP contribution in [0.5, 0.6) is 0 Å². The summed E-state index contributed by atoms with van der Waals surface area (Å²) in [5.41, 5.74) is 1.35. The van der Waals surface area contributed by atoms with Gasteiger partial charge in [0.15, 0.2) is 5.69 Å². The predicted octanol–water partition coefficient (Wildman–Crippen LogP) is 2.37. The molecule has 0 saturated carbocycles. The van der Waals surface area contributed by atoms with E-state index in [4.69, 9.17) is 0 Å². The standard InChI is InChI=1S/C16H17FN4O/c1-10-18-14-15(19(3)11(2)20(4)16(14)22)21(10)9-12-5-7-13(17)8-6-12/h5-8H,2,9H2,1,3-4H3. The van der Waals surface area contributed by atoms with Crippen molar-refractivity contribution in [1.82, 2.24) is 14.5 Å². The van der Waals surface area contributed by atoms with E-state index < -0.39 is 0 Å². The molecule has 0 spiro atoms. The van der Waals surface area contributed by atoms with Crippen molar-refractivity contribution in [3.8, 4) is 0 Å². The number of aromatic nitrogens is 2.